The van der Waals surface area contributed by atoms with Crippen LogP contribution in [-0.2, 0) is 26.1 Å². The Labute approximate surface area is 171 Å². The zero-order valence-corrected chi connectivity index (χ0v) is 17.0. The number of piperidine rings is 2. The number of carbonyl (C=O) groups excluding carboxylic acids is 1. The number of nitrogens with one attached hydrogen (secondary N) is 1. The maximum atomic E-state index is 13.7. The fourth-order valence-corrected chi connectivity index (χ4v) is 6.51. The summed E-state index contributed by atoms with van der Waals surface area (Å²) < 4.78 is 11.1. The van der Waals surface area contributed by atoms with E-state index in [0.717, 1.165) is 50.0 Å². The number of aliphatic hydroxyl groups is 1. The largest absolute Gasteiger partial charge is 0.462 e. The van der Waals surface area contributed by atoms with E-state index in [9.17, 15) is 9.90 Å². The minimum atomic E-state index is -0.695. The Morgan fingerprint density at radius 2 is 2.21 bits per heavy atom. The lowest BCUT2D eigenvalue weighted by molar-refractivity contribution is -0.166. The van der Waals surface area contributed by atoms with Crippen LogP contribution in [0.5, 0.6) is 0 Å². The number of esters is 1. The second kappa shape index (κ2) is 7.42. The molecule has 3 aliphatic heterocycles. The molecule has 156 valence electrons. The number of H-pyrrole nitrogens is 1. The van der Waals surface area contributed by atoms with Gasteiger partial charge in [0, 0.05) is 49.4 Å². The third kappa shape index (κ3) is 2.84. The molecule has 0 amide bonds. The van der Waals surface area contributed by atoms with Gasteiger partial charge in [0.1, 0.15) is 12.0 Å². The number of fused-ring (bicyclic) bond motifs is 4. The van der Waals surface area contributed by atoms with Crippen LogP contribution in [0.2, 0.25) is 0 Å². The summed E-state index contributed by atoms with van der Waals surface area (Å²) in [5, 5.41) is 10.5. The molecule has 0 radical (unpaired) electrons. The number of aliphatic hydroxyl groups excluding tert-OH is 1. The van der Waals surface area contributed by atoms with Crippen molar-refractivity contribution < 1.29 is 19.4 Å². The van der Waals surface area contributed by atoms with E-state index in [1.807, 2.05) is 6.07 Å². The molecule has 1 saturated carbocycles. The molecular weight excluding hydrogens is 368 g/mol. The maximum absolute atomic E-state index is 13.7. The van der Waals surface area contributed by atoms with Crippen molar-refractivity contribution in [3.05, 3.63) is 35.5 Å². The molecule has 6 heteroatoms. The zero-order chi connectivity index (χ0) is 20.0. The van der Waals surface area contributed by atoms with Crippen LogP contribution in [0.3, 0.4) is 0 Å². The molecule has 2 saturated heterocycles. The lowest BCUT2D eigenvalue weighted by Crippen LogP contribution is -2.67. The Hall–Kier alpha value is -1.89. The Kier molecular flexibility index (Phi) is 4.88. The van der Waals surface area contributed by atoms with Gasteiger partial charge in [0.25, 0.3) is 0 Å². The van der Waals surface area contributed by atoms with Gasteiger partial charge in [-0.3, -0.25) is 9.69 Å². The smallest absolute Gasteiger partial charge is 0.319 e. The summed E-state index contributed by atoms with van der Waals surface area (Å²) in [5.41, 5.74) is 2.72. The SMILES string of the molecule is COCC[C@H]1C[C@H]2CN3CCc4c([nH]c5ccccc45)[C@](C(=O)OCCO)(C2)[C@H]13. The fraction of sp³-hybridized carbons (Fsp3) is 0.609. The number of methoxy groups -OCH3 is 1. The number of hydrogen-bond acceptors (Lipinski definition) is 5. The van der Waals surface area contributed by atoms with Crippen LogP contribution in [0.15, 0.2) is 24.3 Å². The number of hydrogen-bond donors (Lipinski definition) is 2. The van der Waals surface area contributed by atoms with Gasteiger partial charge in [0.15, 0.2) is 0 Å². The van der Waals surface area contributed by atoms with Crippen molar-refractivity contribution in [2.75, 3.05) is 40.0 Å². The van der Waals surface area contributed by atoms with Crippen molar-refractivity contribution in [2.24, 2.45) is 11.8 Å². The van der Waals surface area contributed by atoms with E-state index in [4.69, 9.17) is 9.47 Å². The van der Waals surface area contributed by atoms with Crippen LogP contribution < -0.4 is 0 Å². The number of para-hydroxylation sites is 1. The summed E-state index contributed by atoms with van der Waals surface area (Å²) in [7, 11) is 1.75. The Morgan fingerprint density at radius 1 is 1.34 bits per heavy atom. The highest BCUT2D eigenvalue weighted by Crippen LogP contribution is 2.55. The standard InChI is InChI=1S/C23H30N2O4/c1-28-10-7-16-12-15-13-23(22(27)29-11-9-26)20-18(6-8-25(14-15)21(16)23)17-4-2-3-5-19(17)24-20/h2-5,15-16,21,24,26H,6-14H2,1H3/t15-,16+,21+,23-/m1/s1. The van der Waals surface area contributed by atoms with Gasteiger partial charge in [-0.1, -0.05) is 18.2 Å². The first kappa shape index (κ1) is 19.1. The second-order valence-corrected chi connectivity index (χ2v) is 8.89. The van der Waals surface area contributed by atoms with Crippen molar-refractivity contribution in [3.63, 3.8) is 0 Å². The molecule has 2 N–H and O–H groups in total. The normalized spacial score (nSPS) is 32.8. The maximum Gasteiger partial charge on any atom is 0.319 e. The average molecular weight is 399 g/mol. The quantitative estimate of drug-likeness (QED) is 0.730. The first-order valence-corrected chi connectivity index (χ1v) is 10.8. The van der Waals surface area contributed by atoms with Crippen molar-refractivity contribution in [2.45, 2.75) is 37.1 Å². The number of ether oxygens (including phenoxy) is 2. The lowest BCUT2D eigenvalue weighted by Gasteiger charge is -2.58. The molecule has 1 aromatic heterocycles. The minimum Gasteiger partial charge on any atom is -0.462 e. The topological polar surface area (TPSA) is 74.8 Å². The summed E-state index contributed by atoms with van der Waals surface area (Å²) in [6, 6.07) is 8.47. The predicted octanol–water partition coefficient (Wildman–Crippen LogP) is 2.24. The number of rotatable bonds is 6. The zero-order valence-electron chi connectivity index (χ0n) is 17.0. The van der Waals surface area contributed by atoms with Gasteiger partial charge in [-0.25, -0.2) is 0 Å². The first-order chi connectivity index (χ1) is 14.2. The molecule has 6 nitrogen and oxygen atoms in total. The van der Waals surface area contributed by atoms with Crippen LogP contribution in [0.25, 0.3) is 10.9 Å². The number of benzene rings is 1. The molecular formula is C23H30N2O4. The van der Waals surface area contributed by atoms with Crippen molar-refractivity contribution in [1.29, 1.82) is 0 Å². The van der Waals surface area contributed by atoms with E-state index in [2.05, 4.69) is 28.1 Å². The fourth-order valence-electron chi connectivity index (χ4n) is 6.51. The molecule has 3 fully saturated rings. The summed E-state index contributed by atoms with van der Waals surface area (Å²) in [5.74, 6) is 0.699. The average Bonchev–Trinajstić information content (AvgIpc) is 3.09. The molecule has 1 unspecified atom stereocenters. The van der Waals surface area contributed by atoms with E-state index < -0.39 is 5.41 Å². The molecule has 4 heterocycles. The van der Waals surface area contributed by atoms with Gasteiger partial charge in [-0.05, 0) is 49.1 Å². The van der Waals surface area contributed by atoms with E-state index in [1.54, 1.807) is 7.11 Å². The first-order valence-electron chi connectivity index (χ1n) is 10.8. The van der Waals surface area contributed by atoms with Gasteiger partial charge in [0.2, 0.25) is 0 Å². The molecule has 5 atom stereocenters. The van der Waals surface area contributed by atoms with Crippen LogP contribution in [0.4, 0.5) is 0 Å². The second-order valence-electron chi connectivity index (χ2n) is 8.89. The summed E-state index contributed by atoms with van der Waals surface area (Å²) in [6.45, 7) is 2.64. The number of aromatic amines is 1. The van der Waals surface area contributed by atoms with Crippen LogP contribution in [-0.4, -0.2) is 67.0 Å². The van der Waals surface area contributed by atoms with Crippen LogP contribution in [0.1, 0.15) is 30.5 Å². The van der Waals surface area contributed by atoms with Crippen molar-refractivity contribution in [3.8, 4) is 0 Å². The van der Waals surface area contributed by atoms with Crippen molar-refractivity contribution >= 4 is 16.9 Å². The van der Waals surface area contributed by atoms with E-state index in [-0.39, 0.29) is 25.2 Å². The van der Waals surface area contributed by atoms with Crippen molar-refractivity contribution in [1.82, 2.24) is 9.88 Å². The molecule has 6 rings (SSSR count). The monoisotopic (exact) mass is 398 g/mol. The molecule has 4 aliphatic rings. The summed E-state index contributed by atoms with van der Waals surface area (Å²) >= 11 is 0. The van der Waals surface area contributed by atoms with Gasteiger partial charge in [-0.2, -0.15) is 0 Å². The van der Waals surface area contributed by atoms with Crippen LogP contribution in [0, 0.1) is 11.8 Å². The van der Waals surface area contributed by atoms with Gasteiger partial charge in [-0.15, -0.1) is 0 Å². The third-order valence-electron chi connectivity index (χ3n) is 7.37. The Bertz CT molecular complexity index is 909. The molecule has 1 aromatic carbocycles. The van der Waals surface area contributed by atoms with Crippen LogP contribution >= 0.6 is 0 Å². The number of carbonyl (C=O) groups is 1. The highest BCUT2D eigenvalue weighted by atomic mass is 16.5. The highest BCUT2D eigenvalue weighted by Gasteiger charge is 2.63. The van der Waals surface area contributed by atoms with E-state index in [0.29, 0.717) is 18.4 Å². The van der Waals surface area contributed by atoms with Gasteiger partial charge in [0.05, 0.1) is 6.61 Å². The van der Waals surface area contributed by atoms with Gasteiger partial charge >= 0.3 is 5.97 Å². The van der Waals surface area contributed by atoms with Gasteiger partial charge < -0.3 is 19.6 Å². The molecule has 1 aliphatic carbocycles. The number of nitrogens with zero attached hydrogens (tertiary/aromatic N) is 1. The third-order valence-corrected chi connectivity index (χ3v) is 7.37. The highest BCUT2D eigenvalue weighted by molar-refractivity contribution is 5.91. The lowest BCUT2D eigenvalue weighted by atomic mass is 9.56. The van der Waals surface area contributed by atoms with E-state index >= 15 is 0 Å². The number of aromatic nitrogens is 1. The summed E-state index contributed by atoms with van der Waals surface area (Å²) in [4.78, 5) is 19.9. The minimum absolute atomic E-state index is 0.0519. The molecule has 29 heavy (non-hydrogen) atoms. The summed E-state index contributed by atoms with van der Waals surface area (Å²) in [6.07, 6.45) is 3.87. The Balaban J connectivity index is 1.68. The Morgan fingerprint density at radius 3 is 3.03 bits per heavy atom. The molecule has 0 spiro atoms. The van der Waals surface area contributed by atoms with E-state index in [1.165, 1.54) is 10.9 Å². The molecule has 2 aromatic rings. The molecule has 4 bridgehead atoms. The predicted molar refractivity (Wildman–Crippen MR) is 110 cm³/mol.